The van der Waals surface area contributed by atoms with Crippen molar-refractivity contribution < 1.29 is 31.5 Å². The van der Waals surface area contributed by atoms with Crippen LogP contribution in [0.1, 0.15) is 12.0 Å². The van der Waals surface area contributed by atoms with Crippen LogP contribution in [-0.4, -0.2) is 48.5 Å². The lowest BCUT2D eigenvalue weighted by Crippen LogP contribution is -2.37. The number of carbonyl (C=O) groups is 2. The Hall–Kier alpha value is -1.84. The van der Waals surface area contributed by atoms with Crippen LogP contribution in [0.4, 0.5) is 27.6 Å². The molecule has 0 saturated heterocycles. The number of rotatable bonds is 6. The number of likely N-dealkylation sites (N-methyl/N-ethyl adjacent to an activating group) is 1. The summed E-state index contributed by atoms with van der Waals surface area (Å²) < 4.78 is 63.2. The first-order chi connectivity index (χ1) is 11.5. The Morgan fingerprint density at radius 2 is 1.68 bits per heavy atom. The van der Waals surface area contributed by atoms with Crippen LogP contribution in [0, 0.1) is 0 Å². The van der Waals surface area contributed by atoms with E-state index in [1.807, 2.05) is 6.26 Å². The Labute approximate surface area is 145 Å². The molecular formula is C15H17F5N2O2S. The quantitative estimate of drug-likeness (QED) is 0.464. The molecule has 0 atom stereocenters. The molecule has 0 unspecified atom stereocenters. The van der Waals surface area contributed by atoms with Gasteiger partial charge in [0.25, 0.3) is 0 Å². The molecule has 1 aromatic rings. The third-order valence-electron chi connectivity index (χ3n) is 3.24. The van der Waals surface area contributed by atoms with E-state index in [-0.39, 0.29) is 5.69 Å². The van der Waals surface area contributed by atoms with Crippen LogP contribution < -0.4 is 5.32 Å². The number of nitrogens with one attached hydrogen (secondary N) is 1. The second-order valence-electron chi connectivity index (χ2n) is 5.18. The molecule has 0 aliphatic heterocycles. The van der Waals surface area contributed by atoms with Gasteiger partial charge >= 0.3 is 23.9 Å². The van der Waals surface area contributed by atoms with Crippen LogP contribution >= 0.6 is 11.8 Å². The summed E-state index contributed by atoms with van der Waals surface area (Å²) in [5.41, 5.74) is -1.31. The lowest BCUT2D eigenvalue weighted by atomic mass is 10.1. The summed E-state index contributed by atoms with van der Waals surface area (Å²) in [6.07, 6.45) is -3.12. The van der Waals surface area contributed by atoms with Crippen LogP contribution in [0.2, 0.25) is 0 Å². The maximum Gasteiger partial charge on any atom is 0.458 e. The van der Waals surface area contributed by atoms with Gasteiger partial charge in [-0.25, -0.2) is 0 Å². The number of hydrogen-bond acceptors (Lipinski definition) is 3. The van der Waals surface area contributed by atoms with Gasteiger partial charge in [-0.2, -0.15) is 33.7 Å². The highest BCUT2D eigenvalue weighted by atomic mass is 32.2. The molecule has 1 N–H and O–H groups in total. The number of carbonyl (C=O) groups excluding carboxylic acids is 2. The van der Waals surface area contributed by atoms with E-state index in [0.717, 1.165) is 17.9 Å². The minimum atomic E-state index is -5.72. The molecule has 0 aliphatic carbocycles. The molecule has 2 amide bonds. The third-order valence-corrected chi connectivity index (χ3v) is 3.94. The predicted molar refractivity (Wildman–Crippen MR) is 85.7 cm³/mol. The Balaban J connectivity index is 2.72. The SMILES string of the molecule is CSCCCN(C)C(=O)C(=O)Nc1ccc(C(F)(F)C(F)(F)F)cc1. The summed E-state index contributed by atoms with van der Waals surface area (Å²) in [5.74, 6) is -6.01. The molecule has 25 heavy (non-hydrogen) atoms. The fourth-order valence-electron chi connectivity index (χ4n) is 1.83. The largest absolute Gasteiger partial charge is 0.458 e. The molecular weight excluding hydrogens is 367 g/mol. The number of thioether (sulfide) groups is 1. The van der Waals surface area contributed by atoms with Gasteiger partial charge in [-0.15, -0.1) is 0 Å². The highest BCUT2D eigenvalue weighted by Gasteiger charge is 2.58. The van der Waals surface area contributed by atoms with E-state index >= 15 is 0 Å². The minimum absolute atomic E-state index is 0.0578. The zero-order chi connectivity index (χ0) is 19.3. The van der Waals surface area contributed by atoms with Gasteiger partial charge in [0, 0.05) is 24.8 Å². The monoisotopic (exact) mass is 384 g/mol. The van der Waals surface area contributed by atoms with E-state index in [9.17, 15) is 31.5 Å². The van der Waals surface area contributed by atoms with Crippen molar-refractivity contribution in [3.8, 4) is 0 Å². The smallest absolute Gasteiger partial charge is 0.337 e. The van der Waals surface area contributed by atoms with E-state index in [2.05, 4.69) is 5.32 Å². The number of alkyl halides is 5. The summed E-state index contributed by atoms with van der Waals surface area (Å²) in [7, 11) is 1.44. The van der Waals surface area contributed by atoms with Gasteiger partial charge in [0.15, 0.2) is 0 Å². The number of nitrogens with zero attached hydrogens (tertiary/aromatic N) is 1. The van der Waals surface area contributed by atoms with Crippen molar-refractivity contribution in [3.05, 3.63) is 29.8 Å². The van der Waals surface area contributed by atoms with Crippen LogP contribution in [0.15, 0.2) is 24.3 Å². The van der Waals surface area contributed by atoms with Gasteiger partial charge in [0.2, 0.25) is 0 Å². The van der Waals surface area contributed by atoms with E-state index in [0.29, 0.717) is 25.1 Å². The molecule has 1 aromatic carbocycles. The molecule has 0 fully saturated rings. The van der Waals surface area contributed by atoms with Crippen molar-refractivity contribution in [2.75, 3.05) is 30.9 Å². The van der Waals surface area contributed by atoms with E-state index < -0.39 is 29.5 Å². The van der Waals surface area contributed by atoms with Crippen molar-refractivity contribution in [3.63, 3.8) is 0 Å². The van der Waals surface area contributed by atoms with Crippen molar-refractivity contribution in [2.24, 2.45) is 0 Å². The van der Waals surface area contributed by atoms with Crippen molar-refractivity contribution in [1.29, 1.82) is 0 Å². The summed E-state index contributed by atoms with van der Waals surface area (Å²) in [6.45, 7) is 0.365. The number of benzene rings is 1. The summed E-state index contributed by atoms with van der Waals surface area (Å²) in [5, 5.41) is 2.17. The molecule has 0 heterocycles. The first kappa shape index (κ1) is 21.2. The molecule has 0 bridgehead atoms. The summed E-state index contributed by atoms with van der Waals surface area (Å²) in [6, 6.07) is 2.87. The number of anilines is 1. The van der Waals surface area contributed by atoms with E-state index in [4.69, 9.17) is 0 Å². The van der Waals surface area contributed by atoms with E-state index in [1.165, 1.54) is 11.9 Å². The van der Waals surface area contributed by atoms with Gasteiger partial charge in [-0.05, 0) is 30.6 Å². The Kier molecular flexibility index (Phi) is 7.21. The average Bonchev–Trinajstić information content (AvgIpc) is 2.53. The van der Waals surface area contributed by atoms with Crippen LogP contribution in [0.25, 0.3) is 0 Å². The third kappa shape index (κ3) is 5.58. The lowest BCUT2D eigenvalue weighted by Gasteiger charge is -2.20. The Bertz CT molecular complexity index is 605. The predicted octanol–water partition coefficient (Wildman–Crippen LogP) is 3.49. The maximum atomic E-state index is 13.2. The molecule has 0 saturated carbocycles. The molecule has 0 aromatic heterocycles. The molecule has 0 aliphatic rings. The molecule has 0 radical (unpaired) electrons. The summed E-state index contributed by atoms with van der Waals surface area (Å²) >= 11 is 1.59. The molecule has 10 heteroatoms. The fraction of sp³-hybridized carbons (Fsp3) is 0.467. The lowest BCUT2D eigenvalue weighted by molar-refractivity contribution is -0.289. The van der Waals surface area contributed by atoms with Crippen LogP contribution in [0.3, 0.4) is 0 Å². The second-order valence-corrected chi connectivity index (χ2v) is 6.16. The molecule has 1 rings (SSSR count). The number of hydrogen-bond donors (Lipinski definition) is 1. The number of halogens is 5. The van der Waals surface area contributed by atoms with Gasteiger partial charge < -0.3 is 10.2 Å². The van der Waals surface area contributed by atoms with Crippen LogP contribution in [0.5, 0.6) is 0 Å². The van der Waals surface area contributed by atoms with Gasteiger partial charge in [-0.1, -0.05) is 12.1 Å². The Morgan fingerprint density at radius 3 is 2.16 bits per heavy atom. The summed E-state index contributed by atoms with van der Waals surface area (Å²) in [4.78, 5) is 24.8. The zero-order valence-corrected chi connectivity index (χ0v) is 14.3. The first-order valence-electron chi connectivity index (χ1n) is 7.11. The average molecular weight is 384 g/mol. The first-order valence-corrected chi connectivity index (χ1v) is 8.50. The fourth-order valence-corrected chi connectivity index (χ4v) is 2.25. The molecule has 140 valence electrons. The van der Waals surface area contributed by atoms with Crippen LogP contribution in [-0.2, 0) is 15.5 Å². The minimum Gasteiger partial charge on any atom is -0.337 e. The molecule has 0 spiro atoms. The van der Waals surface area contributed by atoms with Crippen molar-refractivity contribution >= 4 is 29.3 Å². The normalized spacial score (nSPS) is 12.0. The standard InChI is InChI=1S/C15H17F5N2O2S/c1-22(8-3-9-25-2)13(24)12(23)21-11-6-4-10(5-7-11)14(16,17)15(18,19)20/h4-7H,3,8-9H2,1-2H3,(H,21,23). The van der Waals surface area contributed by atoms with Gasteiger partial charge in [-0.3, -0.25) is 9.59 Å². The highest BCUT2D eigenvalue weighted by Crippen LogP contribution is 2.43. The maximum absolute atomic E-state index is 13.2. The van der Waals surface area contributed by atoms with Crippen molar-refractivity contribution in [2.45, 2.75) is 18.5 Å². The van der Waals surface area contributed by atoms with Gasteiger partial charge in [0.05, 0.1) is 0 Å². The van der Waals surface area contributed by atoms with E-state index in [1.54, 1.807) is 11.8 Å². The second kappa shape index (κ2) is 8.50. The number of amides is 2. The highest BCUT2D eigenvalue weighted by molar-refractivity contribution is 7.98. The molecule has 4 nitrogen and oxygen atoms in total. The van der Waals surface area contributed by atoms with Crippen molar-refractivity contribution in [1.82, 2.24) is 4.90 Å². The Morgan fingerprint density at radius 1 is 1.12 bits per heavy atom. The topological polar surface area (TPSA) is 49.4 Å². The van der Waals surface area contributed by atoms with Gasteiger partial charge in [0.1, 0.15) is 0 Å². The zero-order valence-electron chi connectivity index (χ0n) is 13.5.